The molecule has 162 valence electrons. The van der Waals surface area contributed by atoms with Gasteiger partial charge < -0.3 is 9.47 Å². The molecule has 0 unspecified atom stereocenters. The number of rotatable bonds is 4. The van der Waals surface area contributed by atoms with Crippen molar-refractivity contribution in [3.8, 4) is 11.5 Å². The first kappa shape index (κ1) is 20.0. The molecule has 3 heteroatoms. The number of ether oxygens (including phenoxy) is 2. The van der Waals surface area contributed by atoms with E-state index in [0.717, 1.165) is 44.2 Å². The Morgan fingerprint density at radius 1 is 0.647 bits per heavy atom. The van der Waals surface area contributed by atoms with Crippen molar-refractivity contribution in [2.45, 2.75) is 0 Å². The summed E-state index contributed by atoms with van der Waals surface area (Å²) >= 11 is 0. The van der Waals surface area contributed by atoms with Crippen molar-refractivity contribution in [3.05, 3.63) is 132 Å². The van der Waals surface area contributed by atoms with Gasteiger partial charge in [0.1, 0.15) is 17.3 Å². The number of carbonyl (C=O) groups excluding carboxylic acids is 1. The summed E-state index contributed by atoms with van der Waals surface area (Å²) in [6.07, 6.45) is 3.75. The van der Waals surface area contributed by atoms with Gasteiger partial charge in [-0.1, -0.05) is 66.7 Å². The molecule has 5 aromatic rings. The number of hydrogen-bond donors (Lipinski definition) is 0. The van der Waals surface area contributed by atoms with Gasteiger partial charge in [0.05, 0.1) is 5.57 Å². The van der Waals surface area contributed by atoms with E-state index in [2.05, 4.69) is 30.3 Å². The van der Waals surface area contributed by atoms with Crippen molar-refractivity contribution in [2.24, 2.45) is 0 Å². The highest BCUT2D eigenvalue weighted by atomic mass is 16.5. The van der Waals surface area contributed by atoms with Gasteiger partial charge in [0.2, 0.25) is 0 Å². The molecule has 6 rings (SSSR count). The fourth-order valence-corrected chi connectivity index (χ4v) is 4.30. The number of carbonyl (C=O) groups is 1. The minimum absolute atomic E-state index is 0.350. The van der Waals surface area contributed by atoms with E-state index in [-0.39, 0.29) is 5.97 Å². The van der Waals surface area contributed by atoms with Crippen LogP contribution in [0.15, 0.2) is 121 Å². The maximum atomic E-state index is 12.8. The number of hydrogen-bond acceptors (Lipinski definition) is 3. The lowest BCUT2D eigenvalue weighted by atomic mass is 9.95. The highest BCUT2D eigenvalue weighted by Gasteiger charge is 2.22. The molecule has 0 saturated carbocycles. The summed E-state index contributed by atoms with van der Waals surface area (Å²) in [5.74, 6) is 1.68. The third-order valence-corrected chi connectivity index (χ3v) is 5.96. The predicted molar refractivity (Wildman–Crippen MR) is 136 cm³/mol. The van der Waals surface area contributed by atoms with Crippen LogP contribution in [0.5, 0.6) is 11.5 Å². The Morgan fingerprint density at radius 2 is 1.24 bits per heavy atom. The number of fused-ring (bicyclic) bond motifs is 2. The summed E-state index contributed by atoms with van der Waals surface area (Å²) in [5, 5.41) is 4.48. The lowest BCUT2D eigenvalue weighted by Gasteiger charge is -2.08. The molecule has 0 N–H and O–H groups in total. The van der Waals surface area contributed by atoms with E-state index in [1.165, 1.54) is 0 Å². The summed E-state index contributed by atoms with van der Waals surface area (Å²) in [7, 11) is 0. The van der Waals surface area contributed by atoms with Crippen molar-refractivity contribution >= 4 is 39.3 Å². The molecule has 5 aromatic carbocycles. The van der Waals surface area contributed by atoms with Crippen LogP contribution in [0.2, 0.25) is 0 Å². The first-order valence-corrected chi connectivity index (χ1v) is 11.1. The van der Waals surface area contributed by atoms with Gasteiger partial charge in [-0.25, -0.2) is 4.79 Å². The van der Waals surface area contributed by atoms with Crippen LogP contribution in [0.1, 0.15) is 11.1 Å². The zero-order chi connectivity index (χ0) is 22.9. The Balaban J connectivity index is 1.36. The zero-order valence-corrected chi connectivity index (χ0v) is 18.3. The zero-order valence-electron chi connectivity index (χ0n) is 18.3. The molecular formula is C31H20O3. The summed E-state index contributed by atoms with van der Waals surface area (Å²) in [5.41, 5.74) is 2.37. The molecule has 1 aliphatic heterocycles. The maximum Gasteiger partial charge on any atom is 0.343 e. The number of para-hydroxylation sites is 1. The Hall–Kier alpha value is -4.63. The van der Waals surface area contributed by atoms with E-state index in [4.69, 9.17) is 9.47 Å². The Morgan fingerprint density at radius 3 is 1.91 bits per heavy atom. The topological polar surface area (TPSA) is 35.5 Å². The quantitative estimate of drug-likeness (QED) is 0.163. The molecule has 0 atom stereocenters. The molecule has 0 saturated heterocycles. The first-order valence-electron chi connectivity index (χ1n) is 11.1. The van der Waals surface area contributed by atoms with Crippen molar-refractivity contribution in [2.75, 3.05) is 0 Å². The van der Waals surface area contributed by atoms with E-state index < -0.39 is 0 Å². The van der Waals surface area contributed by atoms with Crippen molar-refractivity contribution in [1.82, 2.24) is 0 Å². The van der Waals surface area contributed by atoms with Gasteiger partial charge in [-0.3, -0.25) is 0 Å². The molecule has 0 aliphatic carbocycles. The third-order valence-electron chi connectivity index (χ3n) is 5.96. The van der Waals surface area contributed by atoms with E-state index in [1.54, 1.807) is 0 Å². The minimum atomic E-state index is -0.350. The predicted octanol–water partition coefficient (Wildman–Crippen LogP) is 7.77. The van der Waals surface area contributed by atoms with Gasteiger partial charge in [0.25, 0.3) is 0 Å². The second kappa shape index (κ2) is 8.38. The van der Waals surface area contributed by atoms with Crippen LogP contribution in [0.25, 0.3) is 33.4 Å². The molecule has 1 aliphatic rings. The maximum absolute atomic E-state index is 12.8. The average molecular weight is 440 g/mol. The second-order valence-electron chi connectivity index (χ2n) is 8.17. The normalized spacial score (nSPS) is 14.4. The SMILES string of the molecule is O=C1OC(c2ccc(Oc3ccccc3)cc2)=C/C1=C\c1c2ccccc2cc2ccccc12. The van der Waals surface area contributed by atoms with Gasteiger partial charge in [-0.15, -0.1) is 0 Å². The fraction of sp³-hybridized carbons (Fsp3) is 0. The van der Waals surface area contributed by atoms with Crippen LogP contribution >= 0.6 is 0 Å². The lowest BCUT2D eigenvalue weighted by molar-refractivity contribution is -0.130. The van der Waals surface area contributed by atoms with Crippen LogP contribution in [0, 0.1) is 0 Å². The standard InChI is InChI=1S/C31H20O3/c32-31-24(19-29-27-12-6-4-8-22(27)18-23-9-5-7-13-28(23)29)20-30(34-31)21-14-16-26(17-15-21)33-25-10-2-1-3-11-25/h1-20H/b24-19+. The average Bonchev–Trinajstić information content (AvgIpc) is 3.25. The highest BCUT2D eigenvalue weighted by Crippen LogP contribution is 2.34. The monoisotopic (exact) mass is 440 g/mol. The molecule has 1 heterocycles. The summed E-state index contributed by atoms with van der Waals surface area (Å²) in [6, 6.07) is 35.8. The minimum Gasteiger partial charge on any atom is -0.457 e. The highest BCUT2D eigenvalue weighted by molar-refractivity contribution is 6.12. The van der Waals surface area contributed by atoms with Crippen molar-refractivity contribution < 1.29 is 14.3 Å². The molecule has 3 nitrogen and oxygen atoms in total. The molecular weight excluding hydrogens is 420 g/mol. The van der Waals surface area contributed by atoms with Gasteiger partial charge >= 0.3 is 5.97 Å². The number of benzene rings is 5. The molecule has 0 fully saturated rings. The van der Waals surface area contributed by atoms with Crippen LogP contribution in [-0.2, 0) is 9.53 Å². The van der Waals surface area contributed by atoms with Crippen molar-refractivity contribution in [3.63, 3.8) is 0 Å². The van der Waals surface area contributed by atoms with E-state index in [1.807, 2.05) is 91.0 Å². The van der Waals surface area contributed by atoms with Gasteiger partial charge in [-0.2, -0.15) is 0 Å². The third kappa shape index (κ3) is 3.74. The van der Waals surface area contributed by atoms with E-state index >= 15 is 0 Å². The Bertz CT molecular complexity index is 1540. The molecule has 0 aromatic heterocycles. The van der Waals surface area contributed by atoms with Crippen LogP contribution in [0.3, 0.4) is 0 Å². The lowest BCUT2D eigenvalue weighted by Crippen LogP contribution is -1.97. The van der Waals surface area contributed by atoms with Crippen LogP contribution in [0.4, 0.5) is 0 Å². The molecule has 0 amide bonds. The number of esters is 1. The van der Waals surface area contributed by atoms with Crippen LogP contribution < -0.4 is 4.74 Å². The van der Waals surface area contributed by atoms with Gasteiger partial charge in [0.15, 0.2) is 0 Å². The van der Waals surface area contributed by atoms with E-state index in [9.17, 15) is 4.79 Å². The Labute approximate surface area is 197 Å². The number of cyclic esters (lactones) is 1. The molecule has 0 spiro atoms. The fourth-order valence-electron chi connectivity index (χ4n) is 4.30. The van der Waals surface area contributed by atoms with E-state index in [0.29, 0.717) is 11.3 Å². The molecule has 0 radical (unpaired) electrons. The molecule has 34 heavy (non-hydrogen) atoms. The van der Waals surface area contributed by atoms with Gasteiger partial charge in [0, 0.05) is 5.56 Å². The van der Waals surface area contributed by atoms with Gasteiger partial charge in [-0.05, 0) is 81.7 Å². The smallest absolute Gasteiger partial charge is 0.343 e. The Kier molecular flexibility index (Phi) is 4.93. The largest absolute Gasteiger partial charge is 0.457 e. The summed E-state index contributed by atoms with van der Waals surface area (Å²) in [4.78, 5) is 12.8. The molecule has 0 bridgehead atoms. The van der Waals surface area contributed by atoms with Crippen LogP contribution in [-0.4, -0.2) is 5.97 Å². The summed E-state index contributed by atoms with van der Waals surface area (Å²) in [6.45, 7) is 0. The first-order chi connectivity index (χ1) is 16.7. The van der Waals surface area contributed by atoms with Crippen molar-refractivity contribution in [1.29, 1.82) is 0 Å². The summed E-state index contributed by atoms with van der Waals surface area (Å²) < 4.78 is 11.5. The second-order valence-corrected chi connectivity index (χ2v) is 8.17.